The lowest BCUT2D eigenvalue weighted by Gasteiger charge is -2.11. The molecule has 1 aliphatic heterocycles. The van der Waals surface area contributed by atoms with Gasteiger partial charge in [-0.05, 0) is 13.3 Å². The number of likely N-dealkylation sites (N-methyl/N-ethyl adjacent to an activating group) is 1. The van der Waals surface area contributed by atoms with E-state index >= 15 is 0 Å². The van der Waals surface area contributed by atoms with Crippen molar-refractivity contribution in [3.63, 3.8) is 0 Å². The van der Waals surface area contributed by atoms with Crippen LogP contribution in [0.4, 0.5) is 0 Å². The summed E-state index contributed by atoms with van der Waals surface area (Å²) in [6, 6.07) is 0. The Morgan fingerprint density at radius 2 is 1.42 bits per heavy atom. The minimum atomic E-state index is 0. The van der Waals surface area contributed by atoms with Gasteiger partial charge in [0, 0.05) is 6.42 Å². The van der Waals surface area contributed by atoms with Gasteiger partial charge in [-0.25, -0.2) is 0 Å². The van der Waals surface area contributed by atoms with Crippen LogP contribution in [0.15, 0.2) is 0 Å². The van der Waals surface area contributed by atoms with Crippen LogP contribution in [0.2, 0.25) is 0 Å². The molecule has 1 N–H and O–H groups in total. The largest absolute Gasteiger partial charge is 0.392 e. The molecule has 0 fully saturated rings. The first-order chi connectivity index (χ1) is 11.3. The summed E-state index contributed by atoms with van der Waals surface area (Å²) >= 11 is 0. The molecular formula is C21H44N2O. The van der Waals surface area contributed by atoms with Crippen LogP contribution in [0.3, 0.4) is 0 Å². The summed E-state index contributed by atoms with van der Waals surface area (Å²) in [5, 5.41) is 9.19. The Balaban J connectivity index is 0.00000529. The number of hydrogen-bond acceptors (Lipinski definition) is 2. The van der Waals surface area contributed by atoms with Gasteiger partial charge >= 0.3 is 0 Å². The average molecular weight is 341 g/mol. The Hall–Kier alpha value is -0.570. The van der Waals surface area contributed by atoms with Crippen LogP contribution >= 0.6 is 0 Å². The Morgan fingerprint density at radius 1 is 0.875 bits per heavy atom. The van der Waals surface area contributed by atoms with Gasteiger partial charge in [-0.3, -0.25) is 9.48 Å². The van der Waals surface area contributed by atoms with E-state index in [0.717, 1.165) is 26.2 Å². The third-order valence-electron chi connectivity index (χ3n) is 5.13. The van der Waals surface area contributed by atoms with E-state index in [-0.39, 0.29) is 14.0 Å². The van der Waals surface area contributed by atoms with E-state index < -0.39 is 0 Å². The summed E-state index contributed by atoms with van der Waals surface area (Å²) in [6.07, 6.45) is 16.7. The molecule has 0 saturated heterocycles. The molecule has 24 heavy (non-hydrogen) atoms. The second kappa shape index (κ2) is 15.9. The van der Waals surface area contributed by atoms with E-state index in [2.05, 4.69) is 23.3 Å². The normalized spacial score (nSPS) is 14.4. The monoisotopic (exact) mass is 340 g/mol. The van der Waals surface area contributed by atoms with Crippen molar-refractivity contribution in [2.75, 3.05) is 32.8 Å². The minimum Gasteiger partial charge on any atom is -0.392 e. The summed E-state index contributed by atoms with van der Waals surface area (Å²) in [6.45, 7) is 8.96. The third-order valence-corrected chi connectivity index (χ3v) is 5.13. The van der Waals surface area contributed by atoms with E-state index in [0.29, 0.717) is 0 Å². The standard InChI is InChI=1S/C20H41N2O.CH3/c1-3-5-6-7-8-9-10-11-12-13-14-15-20-21(4-2)16-17-22(20)18-19-23;/h23H,3-19H2,1-2H3;1H3/q+1;-1. The fourth-order valence-corrected chi connectivity index (χ4v) is 3.67. The van der Waals surface area contributed by atoms with Crippen LogP contribution in [-0.4, -0.2) is 53.2 Å². The molecule has 0 unspecified atom stereocenters. The fourth-order valence-electron chi connectivity index (χ4n) is 3.67. The van der Waals surface area contributed by atoms with Gasteiger partial charge in [0.05, 0.1) is 13.2 Å². The van der Waals surface area contributed by atoms with Crippen molar-refractivity contribution >= 4 is 5.84 Å². The zero-order valence-corrected chi connectivity index (χ0v) is 16.9. The van der Waals surface area contributed by atoms with Crippen molar-refractivity contribution < 1.29 is 9.68 Å². The molecule has 0 aromatic carbocycles. The van der Waals surface area contributed by atoms with E-state index in [1.54, 1.807) is 0 Å². The lowest BCUT2D eigenvalue weighted by molar-refractivity contribution is -0.521. The van der Waals surface area contributed by atoms with E-state index in [9.17, 15) is 5.11 Å². The minimum absolute atomic E-state index is 0. The molecule has 0 aromatic heterocycles. The molecular weight excluding hydrogens is 296 g/mol. The topological polar surface area (TPSA) is 26.5 Å². The predicted molar refractivity (Wildman–Crippen MR) is 107 cm³/mol. The van der Waals surface area contributed by atoms with E-state index in [1.807, 2.05) is 0 Å². The highest BCUT2D eigenvalue weighted by Gasteiger charge is 2.27. The molecule has 0 radical (unpaired) electrons. The van der Waals surface area contributed by atoms with Gasteiger partial charge in [-0.15, -0.1) is 0 Å². The summed E-state index contributed by atoms with van der Waals surface area (Å²) in [5.74, 6) is 1.48. The molecule has 0 aromatic rings. The lowest BCUT2D eigenvalue weighted by atomic mass is 10.1. The maximum Gasteiger partial charge on any atom is 0.247 e. The number of rotatable bonds is 15. The molecule has 0 aliphatic carbocycles. The van der Waals surface area contributed by atoms with Gasteiger partial charge in [0.1, 0.15) is 19.6 Å². The molecule has 0 saturated carbocycles. The van der Waals surface area contributed by atoms with Gasteiger partial charge in [-0.1, -0.05) is 71.1 Å². The van der Waals surface area contributed by atoms with Crippen LogP contribution in [-0.2, 0) is 0 Å². The number of unbranched alkanes of at least 4 members (excludes halogenated alkanes) is 10. The Kier molecular flexibility index (Phi) is 15.6. The second-order valence-electron chi connectivity index (χ2n) is 6.99. The van der Waals surface area contributed by atoms with E-state index in [1.165, 1.54) is 82.9 Å². The van der Waals surface area contributed by atoms with Gasteiger partial charge in [0.2, 0.25) is 5.84 Å². The van der Waals surface area contributed by atoms with Crippen molar-refractivity contribution in [2.45, 2.75) is 90.9 Å². The zero-order valence-electron chi connectivity index (χ0n) is 16.9. The SMILES string of the molecule is CCCCCCCCCCCCCC1=[N+](CCO)CCN1CC.[CH3-]. The van der Waals surface area contributed by atoms with Crippen molar-refractivity contribution in [3.05, 3.63) is 7.43 Å². The number of amidine groups is 1. The maximum atomic E-state index is 9.19. The first-order valence-electron chi connectivity index (χ1n) is 10.3. The molecule has 3 heteroatoms. The van der Waals surface area contributed by atoms with Crippen molar-refractivity contribution in [2.24, 2.45) is 0 Å². The first-order valence-corrected chi connectivity index (χ1v) is 10.3. The van der Waals surface area contributed by atoms with Crippen LogP contribution in [0.5, 0.6) is 0 Å². The number of aliphatic hydroxyl groups is 1. The van der Waals surface area contributed by atoms with Crippen LogP contribution in [0, 0.1) is 7.43 Å². The average Bonchev–Trinajstić information content (AvgIpc) is 2.95. The lowest BCUT2D eigenvalue weighted by Crippen LogP contribution is -2.30. The van der Waals surface area contributed by atoms with Crippen LogP contribution in [0.25, 0.3) is 0 Å². The maximum absolute atomic E-state index is 9.19. The summed E-state index contributed by atoms with van der Waals surface area (Å²) < 4.78 is 2.39. The molecule has 1 rings (SSSR count). The molecule has 1 aliphatic rings. The highest BCUT2D eigenvalue weighted by Crippen LogP contribution is 2.14. The number of aliphatic hydroxyl groups excluding tert-OH is 1. The smallest absolute Gasteiger partial charge is 0.247 e. The molecule has 0 bridgehead atoms. The predicted octanol–water partition coefficient (Wildman–Crippen LogP) is 4.88. The summed E-state index contributed by atoms with van der Waals surface area (Å²) in [4.78, 5) is 2.49. The van der Waals surface area contributed by atoms with Gasteiger partial charge < -0.3 is 12.5 Å². The molecule has 0 amide bonds. The van der Waals surface area contributed by atoms with Crippen LogP contribution in [0.1, 0.15) is 90.9 Å². The van der Waals surface area contributed by atoms with Crippen molar-refractivity contribution in [1.29, 1.82) is 0 Å². The Labute approximate surface area is 152 Å². The Bertz CT molecular complexity index is 315. The first kappa shape index (κ1) is 23.4. The highest BCUT2D eigenvalue weighted by atomic mass is 16.3. The third kappa shape index (κ3) is 9.66. The van der Waals surface area contributed by atoms with Crippen molar-refractivity contribution in [3.8, 4) is 0 Å². The Morgan fingerprint density at radius 3 is 1.92 bits per heavy atom. The molecule has 0 atom stereocenters. The summed E-state index contributed by atoms with van der Waals surface area (Å²) in [7, 11) is 0. The number of nitrogens with zero attached hydrogens (tertiary/aromatic N) is 2. The molecule has 3 nitrogen and oxygen atoms in total. The molecule has 144 valence electrons. The summed E-state index contributed by atoms with van der Waals surface area (Å²) in [5.41, 5.74) is 0. The van der Waals surface area contributed by atoms with Crippen molar-refractivity contribution in [1.82, 2.24) is 4.90 Å². The second-order valence-corrected chi connectivity index (χ2v) is 6.99. The molecule has 0 spiro atoms. The van der Waals surface area contributed by atoms with Gasteiger partial charge in [0.25, 0.3) is 0 Å². The van der Waals surface area contributed by atoms with E-state index in [4.69, 9.17) is 0 Å². The van der Waals surface area contributed by atoms with Gasteiger partial charge in [0.15, 0.2) is 0 Å². The quantitative estimate of drug-likeness (QED) is 0.261. The van der Waals surface area contributed by atoms with Crippen LogP contribution < -0.4 is 0 Å². The van der Waals surface area contributed by atoms with Gasteiger partial charge in [-0.2, -0.15) is 0 Å². The number of β-amino-alcohol motifs (C(OH)–C–C–N with tert-alkyl or cyclic N) is 1. The highest BCUT2D eigenvalue weighted by molar-refractivity contribution is 5.78. The zero-order chi connectivity index (χ0) is 16.8. The fraction of sp³-hybridized carbons (Fsp3) is 0.905. The number of hydrogen-bond donors (Lipinski definition) is 1. The molecule has 1 heterocycles.